The minimum absolute atomic E-state index is 0.0426. The SMILES string of the molecule is CCOCc1ccccc1CNCC(=O)NCC(C)C. The van der Waals surface area contributed by atoms with Crippen LogP contribution in [-0.2, 0) is 22.7 Å². The van der Waals surface area contributed by atoms with Crippen LogP contribution in [0.4, 0.5) is 0 Å². The lowest BCUT2D eigenvalue weighted by molar-refractivity contribution is -0.120. The van der Waals surface area contributed by atoms with Crippen LogP contribution in [0, 0.1) is 5.92 Å². The molecule has 0 saturated heterocycles. The van der Waals surface area contributed by atoms with Crippen LogP contribution >= 0.6 is 0 Å². The molecule has 112 valence electrons. The first kappa shape index (κ1) is 16.7. The summed E-state index contributed by atoms with van der Waals surface area (Å²) in [6.45, 7) is 9.22. The minimum Gasteiger partial charge on any atom is -0.377 e. The lowest BCUT2D eigenvalue weighted by Gasteiger charge is -2.11. The van der Waals surface area contributed by atoms with E-state index in [-0.39, 0.29) is 5.91 Å². The predicted octanol–water partition coefficient (Wildman–Crippen LogP) is 2.08. The molecule has 0 aromatic heterocycles. The fraction of sp³-hybridized carbons (Fsp3) is 0.562. The lowest BCUT2D eigenvalue weighted by atomic mass is 10.1. The zero-order chi connectivity index (χ0) is 14.8. The molecule has 0 aliphatic heterocycles. The summed E-state index contributed by atoms with van der Waals surface area (Å²) in [6.07, 6.45) is 0. The van der Waals surface area contributed by atoms with E-state index in [9.17, 15) is 4.79 Å². The quantitative estimate of drug-likeness (QED) is 0.727. The van der Waals surface area contributed by atoms with Gasteiger partial charge in [0.25, 0.3) is 0 Å². The van der Waals surface area contributed by atoms with Crippen molar-refractivity contribution in [3.63, 3.8) is 0 Å². The van der Waals surface area contributed by atoms with Crippen molar-refractivity contribution >= 4 is 5.91 Å². The molecule has 0 unspecified atom stereocenters. The van der Waals surface area contributed by atoms with E-state index < -0.39 is 0 Å². The fourth-order valence-electron chi connectivity index (χ4n) is 1.77. The maximum Gasteiger partial charge on any atom is 0.233 e. The van der Waals surface area contributed by atoms with Gasteiger partial charge in [0.2, 0.25) is 5.91 Å². The van der Waals surface area contributed by atoms with Crippen molar-refractivity contribution in [1.82, 2.24) is 10.6 Å². The van der Waals surface area contributed by atoms with Gasteiger partial charge in [-0.3, -0.25) is 4.79 Å². The summed E-state index contributed by atoms with van der Waals surface area (Å²) in [7, 11) is 0. The Morgan fingerprint density at radius 3 is 2.60 bits per heavy atom. The van der Waals surface area contributed by atoms with Gasteiger partial charge in [-0.25, -0.2) is 0 Å². The molecule has 0 radical (unpaired) electrons. The van der Waals surface area contributed by atoms with Crippen molar-refractivity contribution in [1.29, 1.82) is 0 Å². The first-order valence-corrected chi connectivity index (χ1v) is 7.25. The van der Waals surface area contributed by atoms with E-state index in [4.69, 9.17) is 4.74 Å². The second-order valence-corrected chi connectivity index (χ2v) is 5.21. The third-order valence-corrected chi connectivity index (χ3v) is 2.89. The number of carbonyl (C=O) groups excluding carboxylic acids is 1. The topological polar surface area (TPSA) is 50.4 Å². The molecular weight excluding hydrogens is 252 g/mol. The van der Waals surface area contributed by atoms with E-state index in [1.54, 1.807) is 0 Å². The molecule has 20 heavy (non-hydrogen) atoms. The van der Waals surface area contributed by atoms with Gasteiger partial charge in [-0.05, 0) is 24.0 Å². The molecule has 0 aliphatic carbocycles. The van der Waals surface area contributed by atoms with Crippen LogP contribution in [-0.4, -0.2) is 25.6 Å². The van der Waals surface area contributed by atoms with Gasteiger partial charge in [-0.1, -0.05) is 38.1 Å². The summed E-state index contributed by atoms with van der Waals surface area (Å²) in [4.78, 5) is 11.6. The van der Waals surface area contributed by atoms with E-state index >= 15 is 0 Å². The molecule has 1 aromatic rings. The fourth-order valence-corrected chi connectivity index (χ4v) is 1.77. The Balaban J connectivity index is 2.36. The Morgan fingerprint density at radius 1 is 1.25 bits per heavy atom. The van der Waals surface area contributed by atoms with Crippen molar-refractivity contribution in [2.45, 2.75) is 33.9 Å². The van der Waals surface area contributed by atoms with Gasteiger partial charge in [0.05, 0.1) is 13.2 Å². The maximum absolute atomic E-state index is 11.6. The maximum atomic E-state index is 11.6. The van der Waals surface area contributed by atoms with Gasteiger partial charge < -0.3 is 15.4 Å². The van der Waals surface area contributed by atoms with Gasteiger partial charge in [-0.15, -0.1) is 0 Å². The Bertz CT molecular complexity index is 405. The highest BCUT2D eigenvalue weighted by atomic mass is 16.5. The van der Waals surface area contributed by atoms with Gasteiger partial charge in [0.15, 0.2) is 0 Å². The van der Waals surface area contributed by atoms with E-state index in [1.807, 2.05) is 19.1 Å². The molecule has 0 aliphatic rings. The van der Waals surface area contributed by atoms with Crippen molar-refractivity contribution < 1.29 is 9.53 Å². The number of amides is 1. The molecule has 4 nitrogen and oxygen atoms in total. The summed E-state index contributed by atoms with van der Waals surface area (Å²) in [6, 6.07) is 8.14. The van der Waals surface area contributed by atoms with Crippen molar-refractivity contribution in [2.24, 2.45) is 5.92 Å². The molecule has 1 aromatic carbocycles. The zero-order valence-electron chi connectivity index (χ0n) is 12.7. The molecule has 1 amide bonds. The van der Waals surface area contributed by atoms with Crippen molar-refractivity contribution in [2.75, 3.05) is 19.7 Å². The third-order valence-electron chi connectivity index (χ3n) is 2.89. The normalized spacial score (nSPS) is 10.8. The van der Waals surface area contributed by atoms with E-state index in [0.717, 1.165) is 6.54 Å². The Hall–Kier alpha value is -1.39. The Kier molecular flexibility index (Phi) is 7.92. The molecule has 1 rings (SSSR count). The van der Waals surface area contributed by atoms with Gasteiger partial charge in [0, 0.05) is 19.7 Å². The third kappa shape index (κ3) is 6.68. The summed E-state index contributed by atoms with van der Waals surface area (Å²) in [5.41, 5.74) is 2.35. The van der Waals surface area contributed by atoms with Crippen LogP contribution in [0.15, 0.2) is 24.3 Å². The highest BCUT2D eigenvalue weighted by Crippen LogP contribution is 2.09. The first-order valence-electron chi connectivity index (χ1n) is 7.25. The second kappa shape index (κ2) is 9.50. The monoisotopic (exact) mass is 278 g/mol. The molecule has 0 spiro atoms. The molecule has 0 heterocycles. The molecule has 0 atom stereocenters. The molecule has 0 saturated carbocycles. The molecule has 0 bridgehead atoms. The van der Waals surface area contributed by atoms with Gasteiger partial charge >= 0.3 is 0 Å². The van der Waals surface area contributed by atoms with Crippen molar-refractivity contribution in [3.05, 3.63) is 35.4 Å². The van der Waals surface area contributed by atoms with Crippen LogP contribution in [0.2, 0.25) is 0 Å². The Labute approximate surface area is 121 Å². The van der Waals surface area contributed by atoms with Crippen LogP contribution in [0.25, 0.3) is 0 Å². The number of nitrogens with one attached hydrogen (secondary N) is 2. The number of rotatable bonds is 9. The van der Waals surface area contributed by atoms with Crippen molar-refractivity contribution in [3.8, 4) is 0 Å². The average Bonchev–Trinajstić information content (AvgIpc) is 2.44. The van der Waals surface area contributed by atoms with Gasteiger partial charge in [0.1, 0.15) is 0 Å². The van der Waals surface area contributed by atoms with Crippen LogP contribution in [0.5, 0.6) is 0 Å². The van der Waals surface area contributed by atoms with E-state index in [0.29, 0.717) is 32.2 Å². The summed E-state index contributed by atoms with van der Waals surface area (Å²) < 4.78 is 5.45. The number of benzene rings is 1. The molecule has 4 heteroatoms. The average molecular weight is 278 g/mol. The zero-order valence-corrected chi connectivity index (χ0v) is 12.7. The smallest absolute Gasteiger partial charge is 0.233 e. The number of ether oxygens (including phenoxy) is 1. The summed E-state index contributed by atoms with van der Waals surface area (Å²) in [5, 5.41) is 6.07. The van der Waals surface area contributed by atoms with Crippen LogP contribution < -0.4 is 10.6 Å². The number of hydrogen-bond acceptors (Lipinski definition) is 3. The lowest BCUT2D eigenvalue weighted by Crippen LogP contribution is -2.35. The first-order chi connectivity index (χ1) is 9.63. The number of hydrogen-bond donors (Lipinski definition) is 2. The molecule has 0 fully saturated rings. The summed E-state index contributed by atoms with van der Waals surface area (Å²) >= 11 is 0. The van der Waals surface area contributed by atoms with Gasteiger partial charge in [-0.2, -0.15) is 0 Å². The molecule has 2 N–H and O–H groups in total. The van der Waals surface area contributed by atoms with E-state index in [1.165, 1.54) is 11.1 Å². The minimum atomic E-state index is 0.0426. The van der Waals surface area contributed by atoms with E-state index in [2.05, 4.69) is 36.6 Å². The van der Waals surface area contributed by atoms with Crippen LogP contribution in [0.3, 0.4) is 0 Å². The largest absolute Gasteiger partial charge is 0.377 e. The highest BCUT2D eigenvalue weighted by Gasteiger charge is 2.04. The predicted molar refractivity (Wildman–Crippen MR) is 81.3 cm³/mol. The number of carbonyl (C=O) groups is 1. The summed E-state index contributed by atoms with van der Waals surface area (Å²) in [5.74, 6) is 0.520. The molecular formula is C16H26N2O2. The Morgan fingerprint density at radius 2 is 1.95 bits per heavy atom. The van der Waals surface area contributed by atoms with Crippen LogP contribution in [0.1, 0.15) is 31.9 Å². The highest BCUT2D eigenvalue weighted by molar-refractivity contribution is 5.77. The standard InChI is InChI=1S/C16H26N2O2/c1-4-20-12-15-8-6-5-7-14(15)10-17-11-16(19)18-9-13(2)3/h5-8,13,17H,4,9-12H2,1-3H3,(H,18,19). The second-order valence-electron chi connectivity index (χ2n) is 5.21.